The smallest absolute Gasteiger partial charge is 0.224 e. The Kier molecular flexibility index (Phi) is 6.09. The van der Waals surface area contributed by atoms with E-state index in [9.17, 15) is 18.4 Å². The van der Waals surface area contributed by atoms with Gasteiger partial charge in [-0.25, -0.2) is 8.78 Å². The van der Waals surface area contributed by atoms with Crippen molar-refractivity contribution in [3.63, 3.8) is 0 Å². The Morgan fingerprint density at radius 3 is 1.33 bits per heavy atom. The molecule has 1 aromatic rings. The molecule has 0 spiro atoms. The average molecular weight is 340 g/mol. The lowest BCUT2D eigenvalue weighted by atomic mass is 9.92. The Morgan fingerprint density at radius 1 is 0.792 bits per heavy atom. The maximum atomic E-state index is 14.1. The van der Waals surface area contributed by atoms with Gasteiger partial charge in [0.25, 0.3) is 0 Å². The Morgan fingerprint density at radius 2 is 1.08 bits per heavy atom. The standard InChI is InChI=1S/C18H26F2N2O2/c1-17(2,3)9-15(23)21-13-7-12(20)14(8-11(13)19)22-16(24)10-18(4,5)6/h7-8H,9-10H2,1-6H3,(H,21,23)(H,22,24). The van der Waals surface area contributed by atoms with Crippen LogP contribution in [0.3, 0.4) is 0 Å². The molecule has 134 valence electrons. The van der Waals surface area contributed by atoms with Gasteiger partial charge in [-0.15, -0.1) is 0 Å². The van der Waals surface area contributed by atoms with Crippen LogP contribution in [0.25, 0.3) is 0 Å². The summed E-state index contributed by atoms with van der Waals surface area (Å²) in [6, 6.07) is 1.76. The highest BCUT2D eigenvalue weighted by atomic mass is 19.1. The van der Waals surface area contributed by atoms with Crippen LogP contribution in [0.4, 0.5) is 20.2 Å². The molecule has 1 aromatic carbocycles. The van der Waals surface area contributed by atoms with Crippen molar-refractivity contribution in [2.24, 2.45) is 10.8 Å². The van der Waals surface area contributed by atoms with Gasteiger partial charge in [-0.3, -0.25) is 9.59 Å². The number of carbonyl (C=O) groups is 2. The van der Waals surface area contributed by atoms with Crippen LogP contribution >= 0.6 is 0 Å². The van der Waals surface area contributed by atoms with Crippen molar-refractivity contribution in [1.82, 2.24) is 0 Å². The number of anilines is 2. The van der Waals surface area contributed by atoms with Crippen LogP contribution in [0.15, 0.2) is 12.1 Å². The molecule has 0 saturated carbocycles. The molecule has 6 heteroatoms. The fourth-order valence-electron chi connectivity index (χ4n) is 2.09. The summed E-state index contributed by atoms with van der Waals surface area (Å²) in [6.07, 6.45) is 0.357. The summed E-state index contributed by atoms with van der Waals surface area (Å²) in [5.41, 5.74) is -1.01. The number of halogens is 2. The first-order chi connectivity index (χ1) is 10.8. The third kappa shape index (κ3) is 7.06. The third-order valence-electron chi connectivity index (χ3n) is 2.99. The number of hydrogen-bond acceptors (Lipinski definition) is 2. The van der Waals surface area contributed by atoms with Crippen LogP contribution in [-0.2, 0) is 9.59 Å². The van der Waals surface area contributed by atoms with Crippen molar-refractivity contribution in [2.75, 3.05) is 10.6 Å². The molecule has 0 fully saturated rings. The van der Waals surface area contributed by atoms with Crippen molar-refractivity contribution in [3.05, 3.63) is 23.8 Å². The average Bonchev–Trinajstić information content (AvgIpc) is 2.30. The molecule has 1 rings (SSSR count). The number of rotatable bonds is 4. The minimum atomic E-state index is -0.801. The van der Waals surface area contributed by atoms with Crippen molar-refractivity contribution in [3.8, 4) is 0 Å². The van der Waals surface area contributed by atoms with E-state index in [0.717, 1.165) is 12.1 Å². The predicted octanol–water partition coefficient (Wildman–Crippen LogP) is 4.71. The van der Waals surface area contributed by atoms with Crippen LogP contribution in [0.5, 0.6) is 0 Å². The summed E-state index contributed by atoms with van der Waals surface area (Å²) in [6.45, 7) is 11.2. The first-order valence-corrected chi connectivity index (χ1v) is 7.86. The Hall–Kier alpha value is -1.98. The molecule has 2 N–H and O–H groups in total. The molecule has 0 aromatic heterocycles. The number of hydrogen-bond donors (Lipinski definition) is 2. The highest BCUT2D eigenvalue weighted by Gasteiger charge is 2.20. The van der Waals surface area contributed by atoms with Crippen LogP contribution < -0.4 is 10.6 Å². The number of carbonyl (C=O) groups excluding carboxylic acids is 2. The van der Waals surface area contributed by atoms with Crippen LogP contribution in [0, 0.1) is 22.5 Å². The zero-order chi connectivity index (χ0) is 18.7. The summed E-state index contributed by atoms with van der Waals surface area (Å²) in [7, 11) is 0. The van der Waals surface area contributed by atoms with Gasteiger partial charge >= 0.3 is 0 Å². The summed E-state index contributed by atoms with van der Waals surface area (Å²) in [5.74, 6) is -2.40. The summed E-state index contributed by atoms with van der Waals surface area (Å²) in [5, 5.41) is 4.72. The first kappa shape index (κ1) is 20.1. The van der Waals surface area contributed by atoms with Gasteiger partial charge in [0.1, 0.15) is 11.6 Å². The molecule has 0 bridgehead atoms. The van der Waals surface area contributed by atoms with Crippen molar-refractivity contribution >= 4 is 23.2 Å². The van der Waals surface area contributed by atoms with E-state index in [2.05, 4.69) is 10.6 Å². The minimum Gasteiger partial charge on any atom is -0.323 e. The second-order valence-corrected chi connectivity index (χ2v) is 8.38. The van der Waals surface area contributed by atoms with Crippen LogP contribution in [-0.4, -0.2) is 11.8 Å². The lowest BCUT2D eigenvalue weighted by molar-refractivity contribution is -0.118. The molecular weight excluding hydrogens is 314 g/mol. The molecule has 0 heterocycles. The molecule has 2 amide bonds. The van der Waals surface area contributed by atoms with E-state index in [1.165, 1.54) is 0 Å². The Balaban J connectivity index is 2.86. The molecule has 0 aliphatic carbocycles. The SMILES string of the molecule is CC(C)(C)CC(=O)Nc1cc(F)c(NC(=O)CC(C)(C)C)cc1F. The Labute approximate surface area is 142 Å². The quantitative estimate of drug-likeness (QED) is 0.833. The van der Waals surface area contributed by atoms with Gasteiger partial charge in [0, 0.05) is 25.0 Å². The number of nitrogens with one attached hydrogen (secondary N) is 2. The van der Waals surface area contributed by atoms with Gasteiger partial charge in [-0.2, -0.15) is 0 Å². The first-order valence-electron chi connectivity index (χ1n) is 7.86. The molecule has 0 radical (unpaired) electrons. The van der Waals surface area contributed by atoms with Crippen molar-refractivity contribution < 1.29 is 18.4 Å². The summed E-state index contributed by atoms with van der Waals surface area (Å²) >= 11 is 0. The molecule has 0 aliphatic rings. The molecule has 24 heavy (non-hydrogen) atoms. The summed E-state index contributed by atoms with van der Waals surface area (Å²) in [4.78, 5) is 23.7. The van der Waals surface area contributed by atoms with E-state index in [1.54, 1.807) is 0 Å². The second-order valence-electron chi connectivity index (χ2n) is 8.38. The lowest BCUT2D eigenvalue weighted by Crippen LogP contribution is -2.21. The van der Waals surface area contributed by atoms with Gasteiger partial charge in [0.2, 0.25) is 11.8 Å². The van der Waals surface area contributed by atoms with Crippen LogP contribution in [0.2, 0.25) is 0 Å². The third-order valence-corrected chi connectivity index (χ3v) is 2.99. The van der Waals surface area contributed by atoms with Crippen molar-refractivity contribution in [2.45, 2.75) is 54.4 Å². The molecule has 0 unspecified atom stereocenters. The highest BCUT2D eigenvalue weighted by Crippen LogP contribution is 2.26. The maximum absolute atomic E-state index is 14.1. The zero-order valence-electron chi connectivity index (χ0n) is 15.1. The molecule has 4 nitrogen and oxygen atoms in total. The number of amides is 2. The van der Waals surface area contributed by atoms with Gasteiger partial charge < -0.3 is 10.6 Å². The van der Waals surface area contributed by atoms with Gasteiger partial charge in [0.05, 0.1) is 11.4 Å². The Bertz CT molecular complexity index is 573. The summed E-state index contributed by atoms with van der Waals surface area (Å²) < 4.78 is 28.2. The van der Waals surface area contributed by atoms with Crippen molar-refractivity contribution in [1.29, 1.82) is 0 Å². The van der Waals surface area contributed by atoms with E-state index in [4.69, 9.17) is 0 Å². The van der Waals surface area contributed by atoms with Gasteiger partial charge in [0.15, 0.2) is 0 Å². The molecule has 0 atom stereocenters. The topological polar surface area (TPSA) is 58.2 Å². The fraction of sp³-hybridized carbons (Fsp3) is 0.556. The number of benzene rings is 1. The van der Waals surface area contributed by atoms with Gasteiger partial charge in [-0.1, -0.05) is 41.5 Å². The molecule has 0 aliphatic heterocycles. The van der Waals surface area contributed by atoms with Gasteiger partial charge in [-0.05, 0) is 10.8 Å². The van der Waals surface area contributed by atoms with E-state index in [1.807, 2.05) is 41.5 Å². The monoisotopic (exact) mass is 340 g/mol. The minimum absolute atomic E-state index is 0.179. The molecular formula is C18H26F2N2O2. The fourth-order valence-corrected chi connectivity index (χ4v) is 2.09. The van der Waals surface area contributed by atoms with E-state index in [-0.39, 0.29) is 35.0 Å². The van der Waals surface area contributed by atoms with E-state index < -0.39 is 23.4 Å². The largest absolute Gasteiger partial charge is 0.323 e. The maximum Gasteiger partial charge on any atom is 0.224 e. The lowest BCUT2D eigenvalue weighted by Gasteiger charge is -2.19. The van der Waals surface area contributed by atoms with Crippen LogP contribution in [0.1, 0.15) is 54.4 Å². The van der Waals surface area contributed by atoms with E-state index >= 15 is 0 Å². The normalized spacial score (nSPS) is 12.0. The predicted molar refractivity (Wildman–Crippen MR) is 91.8 cm³/mol. The molecule has 0 saturated heterocycles. The van der Waals surface area contributed by atoms with E-state index in [0.29, 0.717) is 0 Å². The highest BCUT2D eigenvalue weighted by molar-refractivity contribution is 5.93. The second kappa shape index (κ2) is 7.28. The zero-order valence-corrected chi connectivity index (χ0v) is 15.1.